The maximum Gasteiger partial charge on any atom is 0.106 e. The molecule has 0 radical (unpaired) electrons. The minimum absolute atomic E-state index is 0.0137. The Morgan fingerprint density at radius 2 is 2.32 bits per heavy atom. The van der Waals surface area contributed by atoms with E-state index in [0.29, 0.717) is 11.5 Å². The monoisotopic (exact) mass is 344 g/mol. The second-order valence-electron chi connectivity index (χ2n) is 4.68. The number of nitrogens with zero attached hydrogens (tertiary/aromatic N) is 1. The minimum atomic E-state index is -0.174. The van der Waals surface area contributed by atoms with E-state index in [1.807, 2.05) is 25.1 Å². The molecule has 2 atom stereocenters. The molecule has 0 bridgehead atoms. The molecule has 0 saturated carbocycles. The number of aliphatic hydroxyl groups is 1. The number of thiocarbonyl (C=S) groups is 1. The first-order valence-corrected chi connectivity index (χ1v) is 7.32. The van der Waals surface area contributed by atoms with E-state index in [4.69, 9.17) is 22.7 Å². The summed E-state index contributed by atoms with van der Waals surface area (Å²) < 4.78 is 6.59. The summed E-state index contributed by atoms with van der Waals surface area (Å²) in [5.41, 5.74) is 7.63. The van der Waals surface area contributed by atoms with Crippen LogP contribution < -0.4 is 10.6 Å². The molecule has 6 heteroatoms. The first-order chi connectivity index (χ1) is 9.01. The van der Waals surface area contributed by atoms with Crippen molar-refractivity contribution in [3.8, 4) is 0 Å². The quantitative estimate of drug-likeness (QED) is 0.817. The van der Waals surface area contributed by atoms with Gasteiger partial charge in [0.2, 0.25) is 0 Å². The zero-order chi connectivity index (χ0) is 14.0. The lowest BCUT2D eigenvalue weighted by Gasteiger charge is -2.38. The molecule has 104 valence electrons. The van der Waals surface area contributed by atoms with E-state index in [0.717, 1.165) is 22.3 Å². The number of halogens is 1. The van der Waals surface area contributed by atoms with Crippen LogP contribution in [0.25, 0.3) is 0 Å². The van der Waals surface area contributed by atoms with Crippen LogP contribution in [0, 0.1) is 0 Å². The minimum Gasteiger partial charge on any atom is -0.394 e. The first-order valence-electron chi connectivity index (χ1n) is 6.12. The smallest absolute Gasteiger partial charge is 0.106 e. The summed E-state index contributed by atoms with van der Waals surface area (Å²) in [6.07, 6.45) is -0.111. The van der Waals surface area contributed by atoms with E-state index in [1.165, 1.54) is 0 Å². The number of hydrogen-bond acceptors (Lipinski definition) is 4. The zero-order valence-electron chi connectivity index (χ0n) is 10.7. The van der Waals surface area contributed by atoms with E-state index < -0.39 is 0 Å². The van der Waals surface area contributed by atoms with Gasteiger partial charge in [-0.1, -0.05) is 28.1 Å². The summed E-state index contributed by atoms with van der Waals surface area (Å²) in [5, 5.41) is 9.29. The molecule has 1 fully saturated rings. The van der Waals surface area contributed by atoms with Crippen molar-refractivity contribution in [3.63, 3.8) is 0 Å². The Balaban J connectivity index is 2.32. The predicted molar refractivity (Wildman–Crippen MR) is 83.7 cm³/mol. The maximum atomic E-state index is 9.29. The van der Waals surface area contributed by atoms with Crippen molar-refractivity contribution in [3.05, 3.63) is 28.2 Å². The number of benzene rings is 1. The molecule has 1 saturated heterocycles. The number of hydrogen-bond donors (Lipinski definition) is 2. The topological polar surface area (TPSA) is 58.7 Å². The van der Waals surface area contributed by atoms with Gasteiger partial charge in [-0.15, -0.1) is 0 Å². The number of aliphatic hydroxyl groups excluding tert-OH is 1. The molecule has 1 aliphatic heterocycles. The fraction of sp³-hybridized carbons (Fsp3) is 0.462. The van der Waals surface area contributed by atoms with Crippen LogP contribution in [0.5, 0.6) is 0 Å². The van der Waals surface area contributed by atoms with Gasteiger partial charge in [-0.25, -0.2) is 0 Å². The molecule has 1 heterocycles. The molecule has 0 aromatic heterocycles. The number of anilines is 1. The van der Waals surface area contributed by atoms with Crippen molar-refractivity contribution < 1.29 is 9.84 Å². The van der Waals surface area contributed by atoms with Crippen LogP contribution in [0.1, 0.15) is 12.5 Å². The predicted octanol–water partition coefficient (Wildman–Crippen LogP) is 1.67. The fourth-order valence-corrected chi connectivity index (χ4v) is 2.85. The molecule has 1 aromatic carbocycles. The highest BCUT2D eigenvalue weighted by Gasteiger charge is 2.26. The number of ether oxygens (including phenoxy) is 1. The molecule has 1 aliphatic rings. The second kappa shape index (κ2) is 6.17. The molecule has 3 N–H and O–H groups in total. The Morgan fingerprint density at radius 3 is 2.95 bits per heavy atom. The first kappa shape index (κ1) is 14.7. The van der Waals surface area contributed by atoms with Gasteiger partial charge in [0.25, 0.3) is 0 Å². The van der Waals surface area contributed by atoms with Crippen molar-refractivity contribution in [2.24, 2.45) is 5.73 Å². The number of nitrogens with two attached hydrogens (primary N) is 1. The maximum absolute atomic E-state index is 9.29. The summed E-state index contributed by atoms with van der Waals surface area (Å²) in [4.78, 5) is 2.53. The van der Waals surface area contributed by atoms with Crippen LogP contribution >= 0.6 is 28.1 Å². The number of morpholine rings is 1. The summed E-state index contributed by atoms with van der Waals surface area (Å²) in [5.74, 6) is 0. The Kier molecular flexibility index (Phi) is 4.78. The van der Waals surface area contributed by atoms with Gasteiger partial charge in [-0.05, 0) is 25.1 Å². The lowest BCUT2D eigenvalue weighted by atomic mass is 10.1. The Morgan fingerprint density at radius 1 is 1.58 bits per heavy atom. The molecule has 0 amide bonds. The van der Waals surface area contributed by atoms with Crippen molar-refractivity contribution in [2.75, 3.05) is 24.6 Å². The SMILES string of the molecule is CC1CN(c2ccc(Br)cc2C(N)=S)CC(CO)O1. The van der Waals surface area contributed by atoms with E-state index in [-0.39, 0.29) is 18.8 Å². The van der Waals surface area contributed by atoms with Gasteiger partial charge >= 0.3 is 0 Å². The molecular weight excluding hydrogens is 328 g/mol. The van der Waals surface area contributed by atoms with Gasteiger partial charge < -0.3 is 20.5 Å². The van der Waals surface area contributed by atoms with E-state index >= 15 is 0 Å². The molecule has 1 aromatic rings. The Bertz CT molecular complexity index is 484. The molecule has 2 rings (SSSR count). The summed E-state index contributed by atoms with van der Waals surface area (Å²) in [6, 6.07) is 5.88. The van der Waals surface area contributed by atoms with Gasteiger partial charge in [-0.3, -0.25) is 0 Å². The third-order valence-electron chi connectivity index (χ3n) is 3.09. The molecular formula is C13H17BrN2O2S. The fourth-order valence-electron chi connectivity index (χ4n) is 2.32. The van der Waals surface area contributed by atoms with Crippen molar-refractivity contribution >= 4 is 38.8 Å². The third kappa shape index (κ3) is 3.45. The Hall–Kier alpha value is -0.690. The van der Waals surface area contributed by atoms with Gasteiger partial charge in [0.1, 0.15) is 4.99 Å². The highest BCUT2D eigenvalue weighted by atomic mass is 79.9. The van der Waals surface area contributed by atoms with Crippen molar-refractivity contribution in [2.45, 2.75) is 19.1 Å². The highest BCUT2D eigenvalue weighted by molar-refractivity contribution is 9.10. The van der Waals surface area contributed by atoms with Crippen LogP contribution in [-0.2, 0) is 4.74 Å². The molecule has 0 spiro atoms. The lowest BCUT2D eigenvalue weighted by Crippen LogP contribution is -2.48. The normalized spacial score (nSPS) is 23.4. The largest absolute Gasteiger partial charge is 0.394 e. The zero-order valence-corrected chi connectivity index (χ0v) is 13.1. The average Bonchev–Trinajstić information content (AvgIpc) is 2.37. The molecule has 19 heavy (non-hydrogen) atoms. The van der Waals surface area contributed by atoms with Crippen LogP contribution in [0.3, 0.4) is 0 Å². The lowest BCUT2D eigenvalue weighted by molar-refractivity contribution is -0.0421. The van der Waals surface area contributed by atoms with Crippen LogP contribution in [0.4, 0.5) is 5.69 Å². The standard InChI is InChI=1S/C13H17BrN2O2S/c1-8-5-16(6-10(7-17)18-8)12-3-2-9(14)4-11(12)13(15)19/h2-4,8,10,17H,5-7H2,1H3,(H2,15,19). The van der Waals surface area contributed by atoms with E-state index in [2.05, 4.69) is 20.8 Å². The van der Waals surface area contributed by atoms with Gasteiger partial charge in [-0.2, -0.15) is 0 Å². The van der Waals surface area contributed by atoms with Gasteiger partial charge in [0.15, 0.2) is 0 Å². The summed E-state index contributed by atoms with van der Waals surface area (Å²) >= 11 is 8.54. The van der Waals surface area contributed by atoms with E-state index in [9.17, 15) is 5.11 Å². The van der Waals surface area contributed by atoms with Crippen molar-refractivity contribution in [1.82, 2.24) is 0 Å². The van der Waals surface area contributed by atoms with E-state index in [1.54, 1.807) is 0 Å². The van der Waals surface area contributed by atoms with Gasteiger partial charge in [0.05, 0.1) is 18.8 Å². The molecule has 0 aliphatic carbocycles. The summed E-state index contributed by atoms with van der Waals surface area (Å²) in [7, 11) is 0. The second-order valence-corrected chi connectivity index (χ2v) is 6.04. The molecule has 2 unspecified atom stereocenters. The summed E-state index contributed by atoms with van der Waals surface area (Å²) in [6.45, 7) is 3.40. The number of rotatable bonds is 3. The Labute approximate surface area is 126 Å². The average molecular weight is 345 g/mol. The van der Waals surface area contributed by atoms with Gasteiger partial charge in [0, 0.05) is 28.8 Å². The van der Waals surface area contributed by atoms with Crippen molar-refractivity contribution in [1.29, 1.82) is 0 Å². The van der Waals surface area contributed by atoms with Crippen LogP contribution in [0.15, 0.2) is 22.7 Å². The third-order valence-corrected chi connectivity index (χ3v) is 3.81. The van der Waals surface area contributed by atoms with Crippen LogP contribution in [0.2, 0.25) is 0 Å². The highest BCUT2D eigenvalue weighted by Crippen LogP contribution is 2.27. The van der Waals surface area contributed by atoms with Crippen LogP contribution in [-0.4, -0.2) is 42.0 Å². The molecule has 4 nitrogen and oxygen atoms in total.